The Kier molecular flexibility index (Phi) is 5.10. The number of anilines is 1. The van der Waals surface area contributed by atoms with Gasteiger partial charge in [0.2, 0.25) is 11.8 Å². The van der Waals surface area contributed by atoms with E-state index in [1.807, 2.05) is 48.5 Å². The molecule has 4 rings (SSSR count). The summed E-state index contributed by atoms with van der Waals surface area (Å²) >= 11 is 0. The summed E-state index contributed by atoms with van der Waals surface area (Å²) < 4.78 is 0. The normalized spacial score (nSPS) is 19.3. The number of benzene rings is 2. The largest absolute Gasteiger partial charge is 0.344 e. The first kappa shape index (κ1) is 20.1. The molecule has 6 heteroatoms. The minimum absolute atomic E-state index is 0.0600. The molecule has 0 bridgehead atoms. The van der Waals surface area contributed by atoms with Crippen LogP contribution in [0.15, 0.2) is 48.5 Å². The number of carbonyl (C=O) groups is 2. The molecule has 1 aliphatic carbocycles. The molecule has 0 unspecified atom stereocenters. The number of imidazole rings is 1. The van der Waals surface area contributed by atoms with Crippen LogP contribution >= 0.6 is 0 Å². The van der Waals surface area contributed by atoms with Gasteiger partial charge in [0.05, 0.1) is 11.0 Å². The van der Waals surface area contributed by atoms with Gasteiger partial charge in [-0.2, -0.15) is 0 Å². The quantitative estimate of drug-likeness (QED) is 0.598. The van der Waals surface area contributed by atoms with E-state index in [1.54, 1.807) is 6.92 Å². The third-order valence-corrected chi connectivity index (χ3v) is 5.66. The highest BCUT2D eigenvalue weighted by Gasteiger charge is 2.46. The number of para-hydroxylation sites is 2. The summed E-state index contributed by atoms with van der Waals surface area (Å²) in [4.78, 5) is 33.0. The van der Waals surface area contributed by atoms with E-state index in [-0.39, 0.29) is 29.1 Å². The van der Waals surface area contributed by atoms with Crippen molar-refractivity contribution in [3.63, 3.8) is 0 Å². The summed E-state index contributed by atoms with van der Waals surface area (Å²) in [6, 6.07) is 15.0. The van der Waals surface area contributed by atoms with Crippen molar-refractivity contribution in [3.05, 3.63) is 59.9 Å². The Hall–Kier alpha value is -3.15. The van der Waals surface area contributed by atoms with Gasteiger partial charge in [0.1, 0.15) is 11.9 Å². The number of aromatic nitrogens is 2. The molecule has 1 aliphatic rings. The molecule has 0 radical (unpaired) electrons. The first-order valence-corrected chi connectivity index (χ1v) is 10.4. The number of fused-ring (bicyclic) bond motifs is 1. The summed E-state index contributed by atoms with van der Waals surface area (Å²) in [6.07, 6.45) is 0.744. The molecule has 1 aromatic heterocycles. The van der Waals surface area contributed by atoms with Crippen LogP contribution in [-0.4, -0.2) is 27.8 Å². The van der Waals surface area contributed by atoms with Gasteiger partial charge in [-0.1, -0.05) is 45.0 Å². The molecule has 3 aromatic rings. The van der Waals surface area contributed by atoms with Crippen molar-refractivity contribution < 1.29 is 9.59 Å². The number of aromatic amines is 1. The van der Waals surface area contributed by atoms with Crippen LogP contribution in [0.5, 0.6) is 0 Å². The number of nitrogens with one attached hydrogen (secondary N) is 3. The smallest absolute Gasteiger partial charge is 0.246 e. The lowest BCUT2D eigenvalue weighted by Gasteiger charge is -2.19. The van der Waals surface area contributed by atoms with E-state index in [4.69, 9.17) is 0 Å². The molecular weight excluding hydrogens is 376 g/mol. The van der Waals surface area contributed by atoms with E-state index in [2.05, 4.69) is 41.4 Å². The van der Waals surface area contributed by atoms with Crippen molar-refractivity contribution >= 4 is 28.5 Å². The molecule has 1 saturated carbocycles. The highest BCUT2D eigenvalue weighted by atomic mass is 16.2. The number of hydrogen-bond donors (Lipinski definition) is 3. The number of rotatable bonds is 5. The van der Waals surface area contributed by atoms with Crippen molar-refractivity contribution in [3.8, 4) is 0 Å². The Labute approximate surface area is 176 Å². The first-order valence-electron chi connectivity index (χ1n) is 10.4. The third-order valence-electron chi connectivity index (χ3n) is 5.66. The highest BCUT2D eigenvalue weighted by molar-refractivity contribution is 5.97. The molecule has 30 heavy (non-hydrogen) atoms. The van der Waals surface area contributed by atoms with Crippen LogP contribution < -0.4 is 10.6 Å². The molecule has 0 spiro atoms. The Morgan fingerprint density at radius 3 is 2.47 bits per heavy atom. The van der Waals surface area contributed by atoms with Crippen molar-refractivity contribution in [2.24, 2.45) is 5.92 Å². The van der Waals surface area contributed by atoms with Crippen LogP contribution in [0.4, 0.5) is 5.69 Å². The molecule has 1 fully saturated rings. The van der Waals surface area contributed by atoms with Gasteiger partial charge in [0.25, 0.3) is 0 Å². The predicted octanol–water partition coefficient (Wildman–Crippen LogP) is 4.11. The summed E-state index contributed by atoms with van der Waals surface area (Å²) in [6.45, 7) is 8.15. The van der Waals surface area contributed by atoms with Crippen molar-refractivity contribution in [2.45, 2.75) is 51.5 Å². The van der Waals surface area contributed by atoms with Crippen LogP contribution in [0.3, 0.4) is 0 Å². The van der Waals surface area contributed by atoms with Gasteiger partial charge in [-0.3, -0.25) is 9.59 Å². The first-order chi connectivity index (χ1) is 14.2. The Balaban J connectivity index is 1.32. The second-order valence-corrected chi connectivity index (χ2v) is 9.13. The number of hydrogen-bond acceptors (Lipinski definition) is 3. The fourth-order valence-corrected chi connectivity index (χ4v) is 3.63. The van der Waals surface area contributed by atoms with Crippen LogP contribution in [0.1, 0.15) is 51.4 Å². The fourth-order valence-electron chi connectivity index (χ4n) is 3.63. The number of nitrogens with zero attached hydrogens (tertiary/aromatic N) is 1. The van der Waals surface area contributed by atoms with E-state index in [9.17, 15) is 9.59 Å². The van der Waals surface area contributed by atoms with Gasteiger partial charge in [0.15, 0.2) is 0 Å². The minimum Gasteiger partial charge on any atom is -0.344 e. The maximum Gasteiger partial charge on any atom is 0.246 e. The molecule has 2 aromatic carbocycles. The van der Waals surface area contributed by atoms with Crippen molar-refractivity contribution in [1.29, 1.82) is 0 Å². The molecule has 2 amide bonds. The van der Waals surface area contributed by atoms with Crippen molar-refractivity contribution in [1.82, 2.24) is 15.3 Å². The van der Waals surface area contributed by atoms with Gasteiger partial charge in [-0.25, -0.2) is 4.98 Å². The second kappa shape index (κ2) is 7.59. The zero-order valence-corrected chi connectivity index (χ0v) is 17.8. The standard InChI is InChI=1S/C24H28N4O2/c1-14(22(29)26-16-11-9-15(10-12-16)24(2,3)4)25-23(30)18-13-17(18)21-27-19-7-5-6-8-20(19)28-21/h5-12,14,17-18H,13H2,1-4H3,(H,25,30)(H,26,29)(H,27,28)/t14-,17+,18+/m1/s1. The van der Waals surface area contributed by atoms with E-state index in [1.165, 1.54) is 5.56 Å². The Morgan fingerprint density at radius 2 is 1.80 bits per heavy atom. The molecule has 0 saturated heterocycles. The molecule has 6 nitrogen and oxygen atoms in total. The summed E-state index contributed by atoms with van der Waals surface area (Å²) in [5, 5.41) is 5.71. The zero-order valence-electron chi connectivity index (χ0n) is 17.8. The maximum absolute atomic E-state index is 12.6. The number of amides is 2. The molecular formula is C24H28N4O2. The lowest BCUT2D eigenvalue weighted by molar-refractivity contribution is -0.127. The monoisotopic (exact) mass is 404 g/mol. The summed E-state index contributed by atoms with van der Waals surface area (Å²) in [7, 11) is 0. The van der Waals surface area contributed by atoms with E-state index >= 15 is 0 Å². The SMILES string of the molecule is C[C@@H](NC(=O)[C@H]1C[C@@H]1c1nc2ccccc2[nH]1)C(=O)Nc1ccc(C(C)(C)C)cc1. The van der Waals surface area contributed by atoms with Gasteiger partial charge in [0, 0.05) is 17.5 Å². The van der Waals surface area contributed by atoms with Crippen LogP contribution in [0, 0.1) is 5.92 Å². The summed E-state index contributed by atoms with van der Waals surface area (Å²) in [5.74, 6) is 0.441. The summed E-state index contributed by atoms with van der Waals surface area (Å²) in [5.41, 5.74) is 3.87. The lowest BCUT2D eigenvalue weighted by atomic mass is 9.87. The molecule has 0 aliphatic heterocycles. The average molecular weight is 405 g/mol. The number of H-pyrrole nitrogens is 1. The van der Waals surface area contributed by atoms with Gasteiger partial charge in [-0.15, -0.1) is 0 Å². The van der Waals surface area contributed by atoms with Gasteiger partial charge in [-0.05, 0) is 48.6 Å². The number of carbonyl (C=O) groups excluding carboxylic acids is 2. The maximum atomic E-state index is 12.6. The van der Waals surface area contributed by atoms with Crippen LogP contribution in [-0.2, 0) is 15.0 Å². The van der Waals surface area contributed by atoms with E-state index < -0.39 is 6.04 Å². The van der Waals surface area contributed by atoms with Crippen molar-refractivity contribution in [2.75, 3.05) is 5.32 Å². The Morgan fingerprint density at radius 1 is 1.10 bits per heavy atom. The van der Waals surface area contributed by atoms with E-state index in [0.29, 0.717) is 0 Å². The minimum atomic E-state index is -0.614. The van der Waals surface area contributed by atoms with E-state index in [0.717, 1.165) is 29.0 Å². The fraction of sp³-hybridized carbons (Fsp3) is 0.375. The molecule has 156 valence electrons. The zero-order chi connectivity index (χ0) is 21.5. The predicted molar refractivity (Wildman–Crippen MR) is 118 cm³/mol. The average Bonchev–Trinajstić information content (AvgIpc) is 3.39. The molecule has 3 N–H and O–H groups in total. The van der Waals surface area contributed by atoms with Gasteiger partial charge >= 0.3 is 0 Å². The van der Waals surface area contributed by atoms with Crippen LogP contribution in [0.25, 0.3) is 11.0 Å². The Bertz CT molecular complexity index is 1050. The molecule has 3 atom stereocenters. The second-order valence-electron chi connectivity index (χ2n) is 9.13. The topological polar surface area (TPSA) is 86.9 Å². The lowest BCUT2D eigenvalue weighted by Crippen LogP contribution is -2.42. The molecule has 1 heterocycles. The third kappa shape index (κ3) is 4.22. The van der Waals surface area contributed by atoms with Gasteiger partial charge < -0.3 is 15.6 Å². The highest BCUT2D eigenvalue weighted by Crippen LogP contribution is 2.46. The van der Waals surface area contributed by atoms with Crippen LogP contribution in [0.2, 0.25) is 0 Å².